The zero-order chi connectivity index (χ0) is 21.6. The van der Waals surface area contributed by atoms with Crippen LogP contribution in [0.5, 0.6) is 5.75 Å². The summed E-state index contributed by atoms with van der Waals surface area (Å²) in [5, 5.41) is 10.2. The van der Waals surface area contributed by atoms with Crippen molar-refractivity contribution in [2.45, 2.75) is 25.8 Å². The molecular weight excluding hydrogens is 392 g/mol. The van der Waals surface area contributed by atoms with Crippen LogP contribution in [0.4, 0.5) is 0 Å². The predicted molar refractivity (Wildman–Crippen MR) is 117 cm³/mol. The highest BCUT2D eigenvalue weighted by Crippen LogP contribution is 2.22. The van der Waals surface area contributed by atoms with Crippen LogP contribution in [0.25, 0.3) is 0 Å². The Labute approximate surface area is 181 Å². The van der Waals surface area contributed by atoms with Gasteiger partial charge in [0.15, 0.2) is 5.69 Å². The molecule has 31 heavy (non-hydrogen) atoms. The van der Waals surface area contributed by atoms with Gasteiger partial charge in [-0.1, -0.05) is 30.3 Å². The van der Waals surface area contributed by atoms with E-state index < -0.39 is 0 Å². The fourth-order valence-electron chi connectivity index (χ4n) is 3.80. The molecule has 2 N–H and O–H groups in total. The van der Waals surface area contributed by atoms with Crippen LogP contribution < -0.4 is 10.1 Å². The Morgan fingerprint density at radius 2 is 1.90 bits per heavy atom. The van der Waals surface area contributed by atoms with Gasteiger partial charge in [0, 0.05) is 36.3 Å². The fraction of sp³-hybridized carbons (Fsp3) is 0.292. The van der Waals surface area contributed by atoms with E-state index in [1.165, 1.54) is 5.56 Å². The van der Waals surface area contributed by atoms with E-state index in [9.17, 15) is 9.59 Å². The number of aryl methyl sites for hydroxylation is 1. The summed E-state index contributed by atoms with van der Waals surface area (Å²) >= 11 is 0. The van der Waals surface area contributed by atoms with E-state index in [0.717, 1.165) is 24.1 Å². The molecule has 7 heteroatoms. The highest BCUT2D eigenvalue weighted by molar-refractivity contribution is 5.96. The number of methoxy groups -OCH3 is 1. The van der Waals surface area contributed by atoms with Crippen LogP contribution >= 0.6 is 0 Å². The van der Waals surface area contributed by atoms with Crippen molar-refractivity contribution in [3.63, 3.8) is 0 Å². The molecule has 2 amide bonds. The maximum Gasteiger partial charge on any atom is 0.272 e. The van der Waals surface area contributed by atoms with Crippen molar-refractivity contribution in [3.05, 3.63) is 82.7 Å². The van der Waals surface area contributed by atoms with Gasteiger partial charge in [0.05, 0.1) is 13.7 Å². The third kappa shape index (κ3) is 4.77. The second-order valence-electron chi connectivity index (χ2n) is 7.58. The van der Waals surface area contributed by atoms with Gasteiger partial charge in [0.2, 0.25) is 0 Å². The summed E-state index contributed by atoms with van der Waals surface area (Å²) in [6.07, 6.45) is 2.40. The molecule has 0 saturated carbocycles. The average Bonchev–Trinajstić information content (AvgIpc) is 3.25. The Hall–Kier alpha value is -3.61. The lowest BCUT2D eigenvalue weighted by Gasteiger charge is -2.27. The molecule has 0 saturated heterocycles. The van der Waals surface area contributed by atoms with E-state index in [0.29, 0.717) is 43.1 Å². The number of nitrogens with zero attached hydrogens (tertiary/aromatic N) is 2. The average molecular weight is 418 g/mol. The number of H-pyrrole nitrogens is 1. The smallest absolute Gasteiger partial charge is 0.272 e. The number of hydrogen-bond donors (Lipinski definition) is 2. The third-order valence-corrected chi connectivity index (χ3v) is 5.54. The van der Waals surface area contributed by atoms with Crippen molar-refractivity contribution in [1.82, 2.24) is 20.4 Å². The summed E-state index contributed by atoms with van der Waals surface area (Å²) in [6.45, 7) is 1.52. The fourth-order valence-corrected chi connectivity index (χ4v) is 3.80. The van der Waals surface area contributed by atoms with Gasteiger partial charge in [0.1, 0.15) is 5.75 Å². The van der Waals surface area contributed by atoms with E-state index >= 15 is 0 Å². The van der Waals surface area contributed by atoms with Gasteiger partial charge in [-0.25, -0.2) is 0 Å². The minimum atomic E-state index is -0.204. The number of rotatable bonds is 7. The van der Waals surface area contributed by atoms with Crippen molar-refractivity contribution < 1.29 is 14.3 Å². The molecule has 2 aromatic carbocycles. The van der Waals surface area contributed by atoms with E-state index in [4.69, 9.17) is 4.74 Å². The normalized spacial score (nSPS) is 12.9. The van der Waals surface area contributed by atoms with Gasteiger partial charge in [-0.2, -0.15) is 5.10 Å². The van der Waals surface area contributed by atoms with Gasteiger partial charge in [-0.15, -0.1) is 0 Å². The molecule has 0 aliphatic carbocycles. The lowest BCUT2D eigenvalue weighted by Crippen LogP contribution is -2.37. The van der Waals surface area contributed by atoms with Crippen LogP contribution in [0.1, 0.15) is 44.1 Å². The summed E-state index contributed by atoms with van der Waals surface area (Å²) in [5.41, 5.74) is 3.95. The molecule has 2 heterocycles. The zero-order valence-electron chi connectivity index (χ0n) is 17.6. The van der Waals surface area contributed by atoms with Crippen LogP contribution in [0.2, 0.25) is 0 Å². The standard InChI is InChI=1S/C24H26N4O3/c1-31-19-11-9-18(10-12-19)24(30)28-15-13-21-20(16-28)22(27-26-21)23(29)25-14-5-8-17-6-3-2-4-7-17/h2-4,6-7,9-12H,5,8,13-16H2,1H3,(H,25,29)(H,26,27). The van der Waals surface area contributed by atoms with Crippen molar-refractivity contribution in [2.75, 3.05) is 20.2 Å². The van der Waals surface area contributed by atoms with E-state index in [1.807, 2.05) is 18.2 Å². The second-order valence-corrected chi connectivity index (χ2v) is 7.58. The molecule has 0 fully saturated rings. The maximum atomic E-state index is 12.9. The predicted octanol–water partition coefficient (Wildman–Crippen LogP) is 2.98. The first-order valence-electron chi connectivity index (χ1n) is 10.5. The number of ether oxygens (including phenoxy) is 1. The lowest BCUT2D eigenvalue weighted by molar-refractivity contribution is 0.0731. The lowest BCUT2D eigenvalue weighted by atomic mass is 10.0. The molecule has 3 aromatic rings. The highest BCUT2D eigenvalue weighted by atomic mass is 16.5. The van der Waals surface area contributed by atoms with Gasteiger partial charge in [-0.3, -0.25) is 14.7 Å². The van der Waals surface area contributed by atoms with E-state index in [-0.39, 0.29) is 11.8 Å². The Balaban J connectivity index is 1.36. The summed E-state index contributed by atoms with van der Waals surface area (Å²) in [7, 11) is 1.59. The van der Waals surface area contributed by atoms with Crippen LogP contribution in [0, 0.1) is 0 Å². The largest absolute Gasteiger partial charge is 0.497 e. The Morgan fingerprint density at radius 3 is 2.65 bits per heavy atom. The number of benzene rings is 2. The topological polar surface area (TPSA) is 87.3 Å². The van der Waals surface area contributed by atoms with E-state index in [1.54, 1.807) is 36.3 Å². The molecule has 1 aliphatic rings. The van der Waals surface area contributed by atoms with Crippen molar-refractivity contribution in [3.8, 4) is 5.75 Å². The molecule has 0 spiro atoms. The molecule has 1 aliphatic heterocycles. The van der Waals surface area contributed by atoms with Crippen molar-refractivity contribution in [1.29, 1.82) is 0 Å². The first-order valence-corrected chi connectivity index (χ1v) is 10.5. The monoisotopic (exact) mass is 418 g/mol. The zero-order valence-corrected chi connectivity index (χ0v) is 17.6. The van der Waals surface area contributed by atoms with Crippen LogP contribution in [0.15, 0.2) is 54.6 Å². The molecule has 0 unspecified atom stereocenters. The number of aromatic amines is 1. The molecule has 4 rings (SSSR count). The van der Waals surface area contributed by atoms with Gasteiger partial charge >= 0.3 is 0 Å². The summed E-state index contributed by atoms with van der Waals surface area (Å²) in [4.78, 5) is 27.4. The third-order valence-electron chi connectivity index (χ3n) is 5.54. The van der Waals surface area contributed by atoms with Gasteiger partial charge in [-0.05, 0) is 42.7 Å². The Bertz CT molecular complexity index is 1040. The molecule has 1 aromatic heterocycles. The number of carbonyl (C=O) groups excluding carboxylic acids is 2. The number of amides is 2. The molecule has 7 nitrogen and oxygen atoms in total. The Morgan fingerprint density at radius 1 is 1.13 bits per heavy atom. The highest BCUT2D eigenvalue weighted by Gasteiger charge is 2.28. The minimum Gasteiger partial charge on any atom is -0.497 e. The molecular formula is C24H26N4O3. The molecule has 0 bridgehead atoms. The number of fused-ring (bicyclic) bond motifs is 1. The first kappa shape index (κ1) is 20.7. The van der Waals surface area contributed by atoms with Crippen LogP contribution in [-0.2, 0) is 19.4 Å². The minimum absolute atomic E-state index is 0.0660. The Kier molecular flexibility index (Phi) is 6.31. The maximum absolute atomic E-state index is 12.9. The number of nitrogens with one attached hydrogen (secondary N) is 2. The van der Waals surface area contributed by atoms with Crippen molar-refractivity contribution >= 4 is 11.8 Å². The molecule has 0 atom stereocenters. The number of carbonyl (C=O) groups is 2. The SMILES string of the molecule is COc1ccc(C(=O)N2CCc3[nH]nc(C(=O)NCCCc4ccccc4)c3C2)cc1. The number of aromatic nitrogens is 2. The molecule has 0 radical (unpaired) electrons. The summed E-state index contributed by atoms with van der Waals surface area (Å²) < 4.78 is 5.16. The first-order chi connectivity index (χ1) is 15.2. The van der Waals surface area contributed by atoms with Crippen LogP contribution in [-0.4, -0.2) is 47.1 Å². The van der Waals surface area contributed by atoms with Gasteiger partial charge < -0.3 is 15.0 Å². The van der Waals surface area contributed by atoms with Gasteiger partial charge in [0.25, 0.3) is 11.8 Å². The van der Waals surface area contributed by atoms with E-state index in [2.05, 4.69) is 27.6 Å². The molecule has 160 valence electrons. The second kappa shape index (κ2) is 9.47. The van der Waals surface area contributed by atoms with Crippen molar-refractivity contribution in [2.24, 2.45) is 0 Å². The summed E-state index contributed by atoms with van der Waals surface area (Å²) in [6, 6.07) is 17.3. The quantitative estimate of drug-likeness (QED) is 0.578. The summed E-state index contributed by atoms with van der Waals surface area (Å²) in [5.74, 6) is 0.437. The number of hydrogen-bond acceptors (Lipinski definition) is 4. The van der Waals surface area contributed by atoms with Crippen LogP contribution in [0.3, 0.4) is 0 Å².